The lowest BCUT2D eigenvalue weighted by atomic mass is 9.97. The van der Waals surface area contributed by atoms with Crippen molar-refractivity contribution in [2.75, 3.05) is 11.5 Å². The molecule has 1 aliphatic heterocycles. The topological polar surface area (TPSA) is 94.3 Å². The normalized spacial score (nSPS) is 21.7. The molecule has 1 saturated heterocycles. The van der Waals surface area contributed by atoms with Crippen molar-refractivity contribution < 1.29 is 18.1 Å². The largest absolute Gasteiger partial charge is 0.294 e. The van der Waals surface area contributed by atoms with Gasteiger partial charge in [-0.1, -0.05) is 0 Å². The molecule has 0 N–H and O–H groups in total. The van der Waals surface area contributed by atoms with Crippen LogP contribution in [-0.2, 0) is 9.84 Å². The van der Waals surface area contributed by atoms with E-state index in [1.54, 1.807) is 0 Å². The highest BCUT2D eigenvalue weighted by atomic mass is 32.2. The number of nitro groups is 1. The van der Waals surface area contributed by atoms with Crippen LogP contribution >= 0.6 is 0 Å². The molecular formula is C11H11NO5S. The summed E-state index contributed by atoms with van der Waals surface area (Å²) < 4.78 is 22.6. The molecule has 1 aromatic carbocycles. The van der Waals surface area contributed by atoms with E-state index in [2.05, 4.69) is 0 Å². The minimum atomic E-state index is -3.10. The summed E-state index contributed by atoms with van der Waals surface area (Å²) in [5.74, 6) is -0.860. The summed E-state index contributed by atoms with van der Waals surface area (Å²) >= 11 is 0. The van der Waals surface area contributed by atoms with E-state index in [4.69, 9.17) is 0 Å². The lowest BCUT2D eigenvalue weighted by molar-refractivity contribution is -0.384. The third kappa shape index (κ3) is 2.56. The van der Waals surface area contributed by atoms with E-state index in [1.807, 2.05) is 0 Å². The third-order valence-electron chi connectivity index (χ3n) is 2.97. The van der Waals surface area contributed by atoms with E-state index < -0.39 is 20.7 Å². The molecule has 6 nitrogen and oxygen atoms in total. The van der Waals surface area contributed by atoms with Crippen molar-refractivity contribution in [3.63, 3.8) is 0 Å². The molecule has 0 amide bonds. The lowest BCUT2D eigenvalue weighted by Gasteiger charge is -2.05. The van der Waals surface area contributed by atoms with E-state index in [9.17, 15) is 23.3 Å². The molecule has 96 valence electrons. The molecule has 1 fully saturated rings. The predicted molar refractivity (Wildman–Crippen MR) is 64.2 cm³/mol. The summed E-state index contributed by atoms with van der Waals surface area (Å²) in [5.41, 5.74) is 0.230. The van der Waals surface area contributed by atoms with Gasteiger partial charge >= 0.3 is 0 Å². The van der Waals surface area contributed by atoms with Crippen LogP contribution in [0.15, 0.2) is 24.3 Å². The lowest BCUT2D eigenvalue weighted by Crippen LogP contribution is -2.16. The third-order valence-corrected chi connectivity index (χ3v) is 4.73. The van der Waals surface area contributed by atoms with Gasteiger partial charge in [-0.25, -0.2) is 8.42 Å². The van der Waals surface area contributed by atoms with E-state index in [0.717, 1.165) is 0 Å². The number of sulfone groups is 1. The number of hydrogen-bond donors (Lipinski definition) is 0. The predicted octanol–water partition coefficient (Wildman–Crippen LogP) is 1.21. The summed E-state index contributed by atoms with van der Waals surface area (Å²) in [5, 5.41) is 10.5. The van der Waals surface area contributed by atoms with Gasteiger partial charge in [0.2, 0.25) is 0 Å². The summed E-state index contributed by atoms with van der Waals surface area (Å²) in [7, 11) is -3.10. The monoisotopic (exact) mass is 269 g/mol. The van der Waals surface area contributed by atoms with Crippen LogP contribution in [0.2, 0.25) is 0 Å². The van der Waals surface area contributed by atoms with E-state index in [0.29, 0.717) is 12.0 Å². The number of rotatable bonds is 3. The Morgan fingerprint density at radius 1 is 1.28 bits per heavy atom. The van der Waals surface area contributed by atoms with Gasteiger partial charge in [0.15, 0.2) is 15.6 Å². The first kappa shape index (κ1) is 12.7. The fraction of sp³-hybridized carbons (Fsp3) is 0.364. The Kier molecular flexibility index (Phi) is 3.16. The molecule has 0 bridgehead atoms. The molecule has 0 spiro atoms. The fourth-order valence-corrected chi connectivity index (χ4v) is 3.73. The zero-order valence-corrected chi connectivity index (χ0v) is 10.2. The number of benzene rings is 1. The molecule has 18 heavy (non-hydrogen) atoms. The maximum Gasteiger partial charge on any atom is 0.269 e. The van der Waals surface area contributed by atoms with Crippen molar-refractivity contribution >= 4 is 21.3 Å². The van der Waals surface area contributed by atoms with Crippen LogP contribution in [-0.4, -0.2) is 30.6 Å². The second-order valence-electron chi connectivity index (χ2n) is 4.27. The SMILES string of the molecule is O=C(c1ccc([N+](=O)[O-])cc1)C1CCS(=O)(=O)C1. The van der Waals surface area contributed by atoms with Gasteiger partial charge in [0.1, 0.15) is 0 Å². The molecule has 0 aromatic heterocycles. The van der Waals surface area contributed by atoms with Crippen LogP contribution in [0.4, 0.5) is 5.69 Å². The summed E-state index contributed by atoms with van der Waals surface area (Å²) in [6.45, 7) is 0. The fourth-order valence-electron chi connectivity index (χ4n) is 1.98. The molecule has 2 rings (SSSR count). The van der Waals surface area contributed by atoms with Crippen molar-refractivity contribution in [2.24, 2.45) is 5.92 Å². The minimum absolute atomic E-state index is 0.0381. The molecule has 7 heteroatoms. The van der Waals surface area contributed by atoms with Crippen LogP contribution < -0.4 is 0 Å². The molecule has 1 aromatic rings. The van der Waals surface area contributed by atoms with Gasteiger partial charge in [-0.05, 0) is 18.6 Å². The van der Waals surface area contributed by atoms with Crippen molar-refractivity contribution in [2.45, 2.75) is 6.42 Å². The zero-order chi connectivity index (χ0) is 13.3. The highest BCUT2D eigenvalue weighted by Gasteiger charge is 2.33. The molecule has 1 aliphatic rings. The van der Waals surface area contributed by atoms with Gasteiger partial charge in [-0.15, -0.1) is 0 Å². The van der Waals surface area contributed by atoms with Crippen molar-refractivity contribution in [1.29, 1.82) is 0 Å². The number of hydrogen-bond acceptors (Lipinski definition) is 5. The van der Waals surface area contributed by atoms with Crippen LogP contribution in [0.5, 0.6) is 0 Å². The first-order valence-corrected chi connectivity index (χ1v) is 7.20. The smallest absolute Gasteiger partial charge is 0.269 e. The highest BCUT2D eigenvalue weighted by molar-refractivity contribution is 7.91. The Bertz CT molecular complexity index is 590. The van der Waals surface area contributed by atoms with Crippen molar-refractivity contribution in [1.82, 2.24) is 0 Å². The molecule has 1 unspecified atom stereocenters. The van der Waals surface area contributed by atoms with Crippen molar-refractivity contribution in [3.05, 3.63) is 39.9 Å². The Morgan fingerprint density at radius 3 is 2.33 bits per heavy atom. The Hall–Kier alpha value is -1.76. The number of Topliss-reactive ketones (excluding diaryl/α,β-unsaturated/α-hetero) is 1. The number of ketones is 1. The van der Waals surface area contributed by atoms with E-state index >= 15 is 0 Å². The maximum absolute atomic E-state index is 12.0. The van der Waals surface area contributed by atoms with Crippen molar-refractivity contribution in [3.8, 4) is 0 Å². The zero-order valence-electron chi connectivity index (χ0n) is 9.40. The average molecular weight is 269 g/mol. The standard InChI is InChI=1S/C11H11NO5S/c13-11(9-5-6-18(16,17)7-9)8-1-3-10(4-2-8)12(14)15/h1-4,9H,5-7H2. The highest BCUT2D eigenvalue weighted by Crippen LogP contribution is 2.23. The number of carbonyl (C=O) groups excluding carboxylic acids is 1. The second-order valence-corrected chi connectivity index (χ2v) is 6.50. The first-order valence-electron chi connectivity index (χ1n) is 5.38. The summed E-state index contributed by atoms with van der Waals surface area (Å²) in [6, 6.07) is 5.23. The van der Waals surface area contributed by atoms with E-state index in [-0.39, 0.29) is 23.0 Å². The molecule has 1 heterocycles. The molecule has 0 aliphatic carbocycles. The summed E-state index contributed by atoms with van der Waals surface area (Å²) in [6.07, 6.45) is 0.332. The first-order chi connectivity index (χ1) is 8.39. The molecule has 0 saturated carbocycles. The van der Waals surface area contributed by atoms with Crippen LogP contribution in [0.1, 0.15) is 16.8 Å². The quantitative estimate of drug-likeness (QED) is 0.467. The summed E-state index contributed by atoms with van der Waals surface area (Å²) in [4.78, 5) is 21.9. The number of non-ortho nitro benzene ring substituents is 1. The maximum atomic E-state index is 12.0. The van der Waals surface area contributed by atoms with Crippen LogP contribution in [0, 0.1) is 16.0 Å². The van der Waals surface area contributed by atoms with E-state index in [1.165, 1.54) is 24.3 Å². The minimum Gasteiger partial charge on any atom is -0.294 e. The van der Waals surface area contributed by atoms with Crippen LogP contribution in [0.25, 0.3) is 0 Å². The van der Waals surface area contributed by atoms with Gasteiger partial charge in [-0.3, -0.25) is 14.9 Å². The van der Waals surface area contributed by atoms with Gasteiger partial charge < -0.3 is 0 Å². The molecule has 1 atom stereocenters. The Balaban J connectivity index is 2.17. The average Bonchev–Trinajstić information content (AvgIpc) is 2.69. The second kappa shape index (κ2) is 4.49. The molecular weight excluding hydrogens is 258 g/mol. The van der Waals surface area contributed by atoms with Gasteiger partial charge in [0.05, 0.1) is 16.4 Å². The number of nitrogens with zero attached hydrogens (tertiary/aromatic N) is 1. The van der Waals surface area contributed by atoms with Gasteiger partial charge in [0.25, 0.3) is 5.69 Å². The Labute approximate surface area is 104 Å². The van der Waals surface area contributed by atoms with Gasteiger partial charge in [-0.2, -0.15) is 0 Å². The molecule has 0 radical (unpaired) electrons. The van der Waals surface area contributed by atoms with Gasteiger partial charge in [0, 0.05) is 23.6 Å². The van der Waals surface area contributed by atoms with Crippen LogP contribution in [0.3, 0.4) is 0 Å². The Morgan fingerprint density at radius 2 is 1.89 bits per heavy atom. The number of carbonyl (C=O) groups is 1. The number of nitro benzene ring substituents is 1.